The second-order valence-electron chi connectivity index (χ2n) is 6.12. The number of hydrogen-bond donors (Lipinski definition) is 3. The molecule has 0 aliphatic rings. The normalized spacial score (nSPS) is 12.8. The van der Waals surface area contributed by atoms with Crippen molar-refractivity contribution in [3.63, 3.8) is 0 Å². The molecule has 0 saturated carbocycles. The lowest BCUT2D eigenvalue weighted by atomic mass is 9.99. The van der Waals surface area contributed by atoms with Gasteiger partial charge in [-0.25, -0.2) is 9.29 Å². The molecule has 7 heteroatoms. The van der Waals surface area contributed by atoms with Crippen LogP contribution in [0.1, 0.15) is 0 Å². The first-order valence-electron chi connectivity index (χ1n) is 8.04. The highest BCUT2D eigenvalue weighted by atomic mass is 32.3. The van der Waals surface area contributed by atoms with Crippen LogP contribution >= 0.6 is 22.1 Å². The van der Waals surface area contributed by atoms with Crippen LogP contribution in [0.15, 0.2) is 64.4 Å². The van der Waals surface area contributed by atoms with E-state index in [9.17, 15) is 9.11 Å². The maximum Gasteiger partial charge on any atom is 0.138 e. The van der Waals surface area contributed by atoms with E-state index in [-0.39, 0.29) is 0 Å². The van der Waals surface area contributed by atoms with Gasteiger partial charge in [0.25, 0.3) is 0 Å². The van der Waals surface area contributed by atoms with Crippen LogP contribution in [0.3, 0.4) is 0 Å². The van der Waals surface area contributed by atoms with Gasteiger partial charge in [0.1, 0.15) is 5.65 Å². The number of pyridine rings is 1. The molecule has 0 unspecified atom stereocenters. The van der Waals surface area contributed by atoms with E-state index < -0.39 is 10.8 Å². The highest BCUT2D eigenvalue weighted by Crippen LogP contribution is 2.54. The highest BCUT2D eigenvalue weighted by molar-refractivity contribution is 8.22. The third-order valence-electron chi connectivity index (χ3n) is 4.39. The molecule has 0 radical (unpaired) electrons. The summed E-state index contributed by atoms with van der Waals surface area (Å²) < 4.78 is 22.9. The maximum absolute atomic E-state index is 10.7. The Morgan fingerprint density at radius 1 is 1.04 bits per heavy atom. The molecule has 0 spiro atoms. The molecule has 0 atom stereocenters. The molecule has 0 bridgehead atoms. The van der Waals surface area contributed by atoms with Gasteiger partial charge in [-0.1, -0.05) is 18.2 Å². The molecule has 5 nitrogen and oxygen atoms in total. The van der Waals surface area contributed by atoms with E-state index in [0.29, 0.717) is 4.90 Å². The summed E-state index contributed by atoms with van der Waals surface area (Å²) in [6.45, 7) is 0. The van der Waals surface area contributed by atoms with Crippen molar-refractivity contribution in [2.45, 2.75) is 4.90 Å². The Morgan fingerprint density at radius 3 is 2.58 bits per heavy atom. The second-order valence-corrected chi connectivity index (χ2v) is 9.11. The lowest BCUT2D eigenvalue weighted by molar-refractivity contribution is 0.414. The molecule has 134 valence electrons. The van der Waals surface area contributed by atoms with Crippen LogP contribution in [-0.4, -0.2) is 37.5 Å². The van der Waals surface area contributed by atoms with Crippen molar-refractivity contribution in [3.05, 3.63) is 59.6 Å². The Kier molecular flexibility index (Phi) is 4.34. The first-order valence-corrected chi connectivity index (χ1v) is 10.5. The predicted molar refractivity (Wildman–Crippen MR) is 110 cm³/mol. The average Bonchev–Trinajstić information content (AvgIpc) is 3.31. The van der Waals surface area contributed by atoms with Crippen molar-refractivity contribution in [1.82, 2.24) is 14.3 Å². The van der Waals surface area contributed by atoms with Crippen LogP contribution in [0.4, 0.5) is 0 Å². The van der Waals surface area contributed by atoms with Gasteiger partial charge >= 0.3 is 0 Å². The van der Waals surface area contributed by atoms with Crippen LogP contribution < -0.4 is 0 Å². The Bertz CT molecular complexity index is 1060. The fourth-order valence-electron chi connectivity index (χ4n) is 3.05. The number of nitrogens with one attached hydrogen (secondary N) is 1. The van der Waals surface area contributed by atoms with Gasteiger partial charge in [0.15, 0.2) is 0 Å². The number of thiophene rings is 1. The van der Waals surface area contributed by atoms with Crippen molar-refractivity contribution in [1.29, 1.82) is 0 Å². The SMILES string of the molecule is CN(C)S(O)(O)c1ccccc1-c1c[nH]c2nccc(-c3ccsc3)c12. The van der Waals surface area contributed by atoms with Gasteiger partial charge in [-0.05, 0) is 40.1 Å². The summed E-state index contributed by atoms with van der Waals surface area (Å²) in [5.74, 6) is 0. The maximum atomic E-state index is 10.7. The number of benzene rings is 1. The zero-order valence-electron chi connectivity index (χ0n) is 14.4. The first-order chi connectivity index (χ1) is 12.5. The molecule has 3 heterocycles. The van der Waals surface area contributed by atoms with Crippen molar-refractivity contribution in [3.8, 4) is 22.3 Å². The van der Waals surface area contributed by atoms with E-state index in [0.717, 1.165) is 33.3 Å². The molecule has 0 saturated heterocycles. The van der Waals surface area contributed by atoms with Gasteiger partial charge in [0, 0.05) is 43.0 Å². The monoisotopic (exact) mass is 385 g/mol. The summed E-state index contributed by atoms with van der Waals surface area (Å²) in [4.78, 5) is 8.17. The van der Waals surface area contributed by atoms with Crippen molar-refractivity contribution < 1.29 is 9.11 Å². The van der Waals surface area contributed by atoms with Crippen molar-refractivity contribution in [2.24, 2.45) is 0 Å². The van der Waals surface area contributed by atoms with E-state index >= 15 is 0 Å². The van der Waals surface area contributed by atoms with E-state index in [2.05, 4.69) is 21.4 Å². The average molecular weight is 386 g/mol. The summed E-state index contributed by atoms with van der Waals surface area (Å²) >= 11 is 1.65. The van der Waals surface area contributed by atoms with E-state index in [1.165, 1.54) is 4.31 Å². The Balaban J connectivity index is 2.01. The molecule has 3 N–H and O–H groups in total. The summed E-state index contributed by atoms with van der Waals surface area (Å²) in [5.41, 5.74) is 4.67. The number of rotatable bonds is 4. The molecule has 4 rings (SSSR count). The number of fused-ring (bicyclic) bond motifs is 1. The zero-order chi connectivity index (χ0) is 18.3. The van der Waals surface area contributed by atoms with Gasteiger partial charge in [-0.3, -0.25) is 9.11 Å². The molecule has 26 heavy (non-hydrogen) atoms. The minimum Gasteiger partial charge on any atom is -0.345 e. The molecule has 1 aromatic carbocycles. The summed E-state index contributed by atoms with van der Waals surface area (Å²) in [6.07, 6.45) is 3.67. The quantitative estimate of drug-likeness (QED) is 0.431. The molecule has 0 amide bonds. The van der Waals surface area contributed by atoms with E-state index in [4.69, 9.17) is 0 Å². The van der Waals surface area contributed by atoms with Crippen LogP contribution in [0.25, 0.3) is 33.3 Å². The molecule has 0 aliphatic heterocycles. The predicted octanol–water partition coefficient (Wildman–Crippen LogP) is 5.54. The first kappa shape index (κ1) is 17.3. The number of nitrogens with zero attached hydrogens (tertiary/aromatic N) is 2. The van der Waals surface area contributed by atoms with Crippen molar-refractivity contribution in [2.75, 3.05) is 14.1 Å². The zero-order valence-corrected chi connectivity index (χ0v) is 16.0. The van der Waals surface area contributed by atoms with Gasteiger partial charge in [0.2, 0.25) is 0 Å². The van der Waals surface area contributed by atoms with Crippen molar-refractivity contribution >= 4 is 33.1 Å². The van der Waals surface area contributed by atoms with Crippen LogP contribution in [-0.2, 0) is 0 Å². The second kappa shape index (κ2) is 6.53. The fourth-order valence-corrected chi connectivity index (χ4v) is 4.84. The smallest absolute Gasteiger partial charge is 0.138 e. The summed E-state index contributed by atoms with van der Waals surface area (Å²) in [7, 11) is 0.265. The van der Waals surface area contributed by atoms with Crippen LogP contribution in [0.5, 0.6) is 0 Å². The highest BCUT2D eigenvalue weighted by Gasteiger charge is 2.24. The fraction of sp³-hybridized carbons (Fsp3) is 0.105. The largest absolute Gasteiger partial charge is 0.345 e. The number of aromatic amines is 1. The molecule has 4 aromatic rings. The molecule has 3 aromatic heterocycles. The van der Waals surface area contributed by atoms with Gasteiger partial charge in [0.05, 0.1) is 4.90 Å². The molecule has 0 fully saturated rings. The number of hydrogen-bond acceptors (Lipinski definition) is 5. The molecule has 0 aliphatic carbocycles. The van der Waals surface area contributed by atoms with Crippen LogP contribution in [0, 0.1) is 0 Å². The minimum absolute atomic E-state index is 0.506. The minimum atomic E-state index is -3.07. The van der Waals surface area contributed by atoms with E-state index in [1.807, 2.05) is 35.8 Å². The van der Waals surface area contributed by atoms with Gasteiger partial charge in [-0.2, -0.15) is 11.3 Å². The number of H-pyrrole nitrogens is 1. The third kappa shape index (κ3) is 2.74. The number of aromatic nitrogens is 2. The standard InChI is InChI=1S/C19H19N3O2S2/c1-22(2)26(23,24)17-6-4-3-5-15(17)16-11-21-19-18(16)14(7-9-20-19)13-8-10-25-12-13/h3-12,23-24H,1-2H3,(H,20,21). The third-order valence-corrected chi connectivity index (χ3v) is 7.03. The summed E-state index contributed by atoms with van der Waals surface area (Å²) in [5, 5.41) is 5.13. The molecular weight excluding hydrogens is 366 g/mol. The Labute approximate surface area is 157 Å². The van der Waals surface area contributed by atoms with Gasteiger partial charge in [-0.15, -0.1) is 10.8 Å². The van der Waals surface area contributed by atoms with Crippen LogP contribution in [0.2, 0.25) is 0 Å². The summed E-state index contributed by atoms with van der Waals surface area (Å²) in [6, 6.07) is 11.5. The topological polar surface area (TPSA) is 72.4 Å². The van der Waals surface area contributed by atoms with Gasteiger partial charge < -0.3 is 4.98 Å². The Hall–Kier alpha value is -2.16. The Morgan fingerprint density at radius 2 is 1.85 bits per heavy atom. The lowest BCUT2D eigenvalue weighted by Gasteiger charge is -2.39. The molecular formula is C19H19N3O2S2. The lowest BCUT2D eigenvalue weighted by Crippen LogP contribution is -2.19. The van der Waals surface area contributed by atoms with E-state index in [1.54, 1.807) is 37.7 Å².